The first-order chi connectivity index (χ1) is 6.09. The highest BCUT2D eigenvalue weighted by Crippen LogP contribution is 2.16. The Kier molecular flexibility index (Phi) is 3.69. The average molecular weight is 186 g/mol. The van der Waals surface area contributed by atoms with Crippen LogP contribution in [0, 0.1) is 0 Å². The maximum atomic E-state index is 11.1. The fraction of sp³-hybridized carbons (Fsp3) is 0.889. The van der Waals surface area contributed by atoms with Gasteiger partial charge in [-0.1, -0.05) is 0 Å². The first-order valence-electron chi connectivity index (χ1n) is 4.83. The zero-order valence-corrected chi connectivity index (χ0v) is 7.99. The van der Waals surface area contributed by atoms with Gasteiger partial charge < -0.3 is 16.2 Å². The van der Waals surface area contributed by atoms with Crippen LogP contribution in [0.15, 0.2) is 0 Å². The Balaban J connectivity index is 2.26. The lowest BCUT2D eigenvalue weighted by Gasteiger charge is -2.27. The van der Waals surface area contributed by atoms with Gasteiger partial charge in [-0.25, -0.2) is 0 Å². The molecule has 1 rings (SSSR count). The third-order valence-corrected chi connectivity index (χ3v) is 2.50. The fourth-order valence-electron chi connectivity index (χ4n) is 1.59. The van der Waals surface area contributed by atoms with E-state index in [9.17, 15) is 4.79 Å². The smallest absolute Gasteiger partial charge is 0.248 e. The summed E-state index contributed by atoms with van der Waals surface area (Å²) >= 11 is 0. The van der Waals surface area contributed by atoms with Crippen LogP contribution in [0.3, 0.4) is 0 Å². The second kappa shape index (κ2) is 4.58. The molecule has 0 spiro atoms. The van der Waals surface area contributed by atoms with Gasteiger partial charge in [0.05, 0.1) is 0 Å². The number of carbonyl (C=O) groups excluding carboxylic acids is 1. The Morgan fingerprint density at radius 3 is 2.46 bits per heavy atom. The molecule has 0 saturated heterocycles. The van der Waals surface area contributed by atoms with Crippen molar-refractivity contribution in [3.05, 3.63) is 0 Å². The molecule has 1 saturated carbocycles. The topological polar surface area (TPSA) is 75.3 Å². The molecule has 1 aliphatic carbocycles. The molecular weight excluding hydrogens is 168 g/mol. The van der Waals surface area contributed by atoms with E-state index >= 15 is 0 Å². The van der Waals surface area contributed by atoms with Crippen molar-refractivity contribution in [3.63, 3.8) is 0 Å². The number of aliphatic hydroxyl groups is 1. The minimum absolute atomic E-state index is 0.210. The van der Waals surface area contributed by atoms with Crippen LogP contribution in [0.2, 0.25) is 0 Å². The van der Waals surface area contributed by atoms with Crippen molar-refractivity contribution in [2.75, 3.05) is 0 Å². The molecule has 76 valence electrons. The van der Waals surface area contributed by atoms with Gasteiger partial charge in [-0.3, -0.25) is 4.79 Å². The van der Waals surface area contributed by atoms with Crippen LogP contribution >= 0.6 is 0 Å². The molecule has 4 nitrogen and oxygen atoms in total. The van der Waals surface area contributed by atoms with E-state index in [4.69, 9.17) is 10.8 Å². The van der Waals surface area contributed by atoms with Crippen LogP contribution in [0.25, 0.3) is 0 Å². The van der Waals surface area contributed by atoms with Gasteiger partial charge in [0.15, 0.2) is 0 Å². The molecule has 0 aromatic carbocycles. The summed E-state index contributed by atoms with van der Waals surface area (Å²) < 4.78 is 0. The van der Waals surface area contributed by atoms with Crippen LogP contribution in [0.1, 0.15) is 32.6 Å². The van der Waals surface area contributed by atoms with E-state index in [1.165, 1.54) is 6.92 Å². The second-order valence-electron chi connectivity index (χ2n) is 3.80. The van der Waals surface area contributed by atoms with Crippen LogP contribution in [0.5, 0.6) is 0 Å². The van der Waals surface area contributed by atoms with Crippen molar-refractivity contribution in [3.8, 4) is 0 Å². The first-order valence-corrected chi connectivity index (χ1v) is 4.83. The maximum Gasteiger partial charge on any atom is 0.248 e. The molecule has 13 heavy (non-hydrogen) atoms. The number of rotatable bonds is 2. The largest absolute Gasteiger partial charge is 0.384 e. The van der Waals surface area contributed by atoms with Crippen molar-refractivity contribution in [1.82, 2.24) is 5.32 Å². The van der Waals surface area contributed by atoms with E-state index in [0.29, 0.717) is 6.04 Å². The highest BCUT2D eigenvalue weighted by atomic mass is 16.3. The van der Waals surface area contributed by atoms with Crippen LogP contribution < -0.4 is 11.1 Å². The molecule has 0 aromatic rings. The molecule has 4 heteroatoms. The van der Waals surface area contributed by atoms with Crippen molar-refractivity contribution >= 4 is 5.91 Å². The zero-order chi connectivity index (χ0) is 9.84. The van der Waals surface area contributed by atoms with E-state index in [1.54, 1.807) is 0 Å². The molecule has 0 aliphatic heterocycles. The van der Waals surface area contributed by atoms with Gasteiger partial charge in [-0.05, 0) is 32.6 Å². The summed E-state index contributed by atoms with van der Waals surface area (Å²) in [7, 11) is 0. The van der Waals surface area contributed by atoms with Gasteiger partial charge in [0.1, 0.15) is 6.10 Å². The molecule has 0 aromatic heterocycles. The minimum atomic E-state index is -0.907. The van der Waals surface area contributed by atoms with Gasteiger partial charge >= 0.3 is 0 Å². The van der Waals surface area contributed by atoms with E-state index in [1.807, 2.05) is 0 Å². The van der Waals surface area contributed by atoms with Crippen LogP contribution in [-0.2, 0) is 4.79 Å². The molecule has 0 heterocycles. The minimum Gasteiger partial charge on any atom is -0.384 e. The van der Waals surface area contributed by atoms with Gasteiger partial charge in [0.25, 0.3) is 0 Å². The van der Waals surface area contributed by atoms with E-state index in [2.05, 4.69) is 5.32 Å². The summed E-state index contributed by atoms with van der Waals surface area (Å²) in [6.07, 6.45) is 2.88. The number of nitrogens with two attached hydrogens (primary N) is 1. The zero-order valence-electron chi connectivity index (χ0n) is 7.99. The van der Waals surface area contributed by atoms with Gasteiger partial charge in [0.2, 0.25) is 5.91 Å². The second-order valence-corrected chi connectivity index (χ2v) is 3.80. The quantitative estimate of drug-likeness (QED) is 0.557. The standard InChI is InChI=1S/C9H18N2O2/c1-6(12)9(13)11-8-4-2-7(10)3-5-8/h6-8,12H,2-5,10H2,1H3,(H,11,13)/t6?,7-,8-. The average Bonchev–Trinajstić information content (AvgIpc) is 2.08. The van der Waals surface area contributed by atoms with E-state index < -0.39 is 6.10 Å². The molecule has 1 aliphatic rings. The molecule has 4 N–H and O–H groups in total. The number of nitrogens with one attached hydrogen (secondary N) is 1. The molecule has 0 bridgehead atoms. The lowest BCUT2D eigenvalue weighted by molar-refractivity contribution is -0.129. The molecule has 1 amide bonds. The highest BCUT2D eigenvalue weighted by molar-refractivity contribution is 5.80. The fourth-order valence-corrected chi connectivity index (χ4v) is 1.59. The van der Waals surface area contributed by atoms with Gasteiger partial charge in [-0.15, -0.1) is 0 Å². The van der Waals surface area contributed by atoms with Crippen LogP contribution in [-0.4, -0.2) is 29.2 Å². The lowest BCUT2D eigenvalue weighted by Crippen LogP contribution is -2.43. The Labute approximate surface area is 78.5 Å². The molecule has 1 unspecified atom stereocenters. The number of hydrogen-bond acceptors (Lipinski definition) is 3. The van der Waals surface area contributed by atoms with Gasteiger partial charge in [-0.2, -0.15) is 0 Å². The monoisotopic (exact) mass is 186 g/mol. The Morgan fingerprint density at radius 1 is 1.46 bits per heavy atom. The number of hydrogen-bond donors (Lipinski definition) is 3. The normalized spacial score (nSPS) is 31.0. The number of aliphatic hydroxyl groups excluding tert-OH is 1. The molecule has 0 radical (unpaired) electrons. The van der Waals surface area contributed by atoms with Crippen LogP contribution in [0.4, 0.5) is 0 Å². The maximum absolute atomic E-state index is 11.1. The summed E-state index contributed by atoms with van der Waals surface area (Å²) in [5.41, 5.74) is 5.73. The summed E-state index contributed by atoms with van der Waals surface area (Å²) in [6, 6.07) is 0.501. The Morgan fingerprint density at radius 2 is 2.00 bits per heavy atom. The summed E-state index contributed by atoms with van der Waals surface area (Å²) in [5, 5.41) is 11.8. The number of amides is 1. The predicted molar refractivity (Wildman–Crippen MR) is 50.1 cm³/mol. The Bertz CT molecular complexity index is 174. The summed E-state index contributed by atoms with van der Waals surface area (Å²) in [5.74, 6) is -0.277. The number of carbonyl (C=O) groups is 1. The van der Waals surface area contributed by atoms with Crippen molar-refractivity contribution < 1.29 is 9.90 Å². The molecular formula is C9H18N2O2. The van der Waals surface area contributed by atoms with Crippen molar-refractivity contribution in [2.45, 2.75) is 50.8 Å². The van der Waals surface area contributed by atoms with E-state index in [0.717, 1.165) is 25.7 Å². The summed E-state index contributed by atoms with van der Waals surface area (Å²) in [6.45, 7) is 1.48. The summed E-state index contributed by atoms with van der Waals surface area (Å²) in [4.78, 5) is 11.1. The third kappa shape index (κ3) is 3.32. The highest BCUT2D eigenvalue weighted by Gasteiger charge is 2.21. The van der Waals surface area contributed by atoms with Crippen molar-refractivity contribution in [2.24, 2.45) is 5.73 Å². The van der Waals surface area contributed by atoms with Gasteiger partial charge in [0, 0.05) is 12.1 Å². The third-order valence-electron chi connectivity index (χ3n) is 2.50. The predicted octanol–water partition coefficient (Wildman–Crippen LogP) is -0.247. The SMILES string of the molecule is CC(O)C(=O)N[C@H]1CC[C@H](N)CC1. The first kappa shape index (κ1) is 10.5. The van der Waals surface area contributed by atoms with Crippen molar-refractivity contribution in [1.29, 1.82) is 0 Å². The molecule has 1 atom stereocenters. The van der Waals surface area contributed by atoms with E-state index in [-0.39, 0.29) is 11.9 Å². The Hall–Kier alpha value is -0.610. The molecule has 1 fully saturated rings. The lowest BCUT2D eigenvalue weighted by atomic mass is 9.92.